The van der Waals surface area contributed by atoms with Gasteiger partial charge >= 0.3 is 0 Å². The van der Waals surface area contributed by atoms with Crippen LogP contribution in [0.25, 0.3) is 27.8 Å². The summed E-state index contributed by atoms with van der Waals surface area (Å²) in [5.74, 6) is 1.47. The van der Waals surface area contributed by atoms with Crippen LogP contribution in [0, 0.1) is 26.6 Å². The number of halogens is 1. The molecule has 2 nitrogen and oxygen atoms in total. The largest absolute Gasteiger partial charge is 0.497 e. The van der Waals surface area contributed by atoms with E-state index in [0.717, 1.165) is 66.9 Å². The van der Waals surface area contributed by atoms with E-state index in [0.29, 0.717) is 6.35 Å². The summed E-state index contributed by atoms with van der Waals surface area (Å²) < 4.78 is 26.5. The lowest BCUT2D eigenvalue weighted by Crippen LogP contribution is -2.10. The van der Waals surface area contributed by atoms with Crippen LogP contribution in [0.3, 0.4) is 0 Å². The molecule has 0 aliphatic rings. The summed E-state index contributed by atoms with van der Waals surface area (Å²) in [4.78, 5) is 0. The molecule has 0 spiro atoms. The first-order valence-electron chi connectivity index (χ1n) is 12.0. The maximum absolute atomic E-state index is 15.1. The molecule has 0 amide bonds. The van der Waals surface area contributed by atoms with Gasteiger partial charge in [-0.15, -0.1) is 0 Å². The van der Waals surface area contributed by atoms with Crippen LogP contribution < -0.4 is 14.8 Å². The predicted octanol–water partition coefficient (Wildman–Crippen LogP) is 8.47. The third-order valence-electron chi connectivity index (χ3n) is 6.35. The molecule has 1 unspecified atom stereocenters. The zero-order chi connectivity index (χ0) is 25.8. The smallest absolute Gasteiger partial charge is 0.131 e. The highest BCUT2D eigenvalue weighted by molar-refractivity contribution is 7.47. The molecular formula is C32H32FO2P. The summed E-state index contributed by atoms with van der Waals surface area (Å²) in [6, 6.07) is 24.1. The molecule has 0 fully saturated rings. The van der Waals surface area contributed by atoms with E-state index in [1.165, 1.54) is 0 Å². The summed E-state index contributed by atoms with van der Waals surface area (Å²) in [5, 5.41) is 0.719. The number of hydrogen-bond donors (Lipinski definition) is 0. The lowest BCUT2D eigenvalue weighted by molar-refractivity contribution is 0.385. The maximum atomic E-state index is 15.1. The quantitative estimate of drug-likeness (QED) is 0.227. The van der Waals surface area contributed by atoms with Gasteiger partial charge in [0.25, 0.3) is 0 Å². The van der Waals surface area contributed by atoms with E-state index in [4.69, 9.17) is 9.47 Å². The molecule has 0 heterocycles. The Bertz CT molecular complexity index is 1340. The Morgan fingerprint density at radius 3 is 1.83 bits per heavy atom. The number of aryl methyl sites for hydroxylation is 3. The molecular weight excluding hydrogens is 466 g/mol. The first-order chi connectivity index (χ1) is 17.3. The minimum atomic E-state index is -0.190. The summed E-state index contributed by atoms with van der Waals surface area (Å²) in [7, 11) is 1.85. The zero-order valence-corrected chi connectivity index (χ0v) is 22.5. The summed E-state index contributed by atoms with van der Waals surface area (Å²) >= 11 is 0. The Kier molecular flexibility index (Phi) is 7.91. The van der Waals surface area contributed by atoms with Gasteiger partial charge in [0.1, 0.15) is 23.7 Å². The zero-order valence-electron chi connectivity index (χ0n) is 21.5. The van der Waals surface area contributed by atoms with Crippen molar-refractivity contribution in [2.75, 3.05) is 13.5 Å². The monoisotopic (exact) mass is 498 g/mol. The van der Waals surface area contributed by atoms with Gasteiger partial charge in [0, 0.05) is 5.30 Å². The van der Waals surface area contributed by atoms with Crippen LogP contribution in [0.4, 0.5) is 4.39 Å². The average Bonchev–Trinajstić information content (AvgIpc) is 2.86. The molecule has 4 heteroatoms. The van der Waals surface area contributed by atoms with Crippen molar-refractivity contribution in [2.24, 2.45) is 0 Å². The van der Waals surface area contributed by atoms with E-state index in [9.17, 15) is 0 Å². The van der Waals surface area contributed by atoms with Gasteiger partial charge < -0.3 is 9.47 Å². The molecule has 184 valence electrons. The molecule has 36 heavy (non-hydrogen) atoms. The Hall–Kier alpha value is -3.42. The highest BCUT2D eigenvalue weighted by Crippen LogP contribution is 2.32. The molecule has 0 aliphatic heterocycles. The second-order valence-electron chi connectivity index (χ2n) is 9.14. The van der Waals surface area contributed by atoms with Crippen LogP contribution >= 0.6 is 8.58 Å². The van der Waals surface area contributed by atoms with Gasteiger partial charge in [0.05, 0.1) is 7.11 Å². The van der Waals surface area contributed by atoms with Crippen molar-refractivity contribution < 1.29 is 13.9 Å². The Morgan fingerprint density at radius 1 is 0.778 bits per heavy atom. The number of benzene rings is 4. The molecule has 4 aromatic carbocycles. The summed E-state index contributed by atoms with van der Waals surface area (Å²) in [6.07, 6.45) is 0.438. The van der Waals surface area contributed by atoms with Gasteiger partial charge in [0.2, 0.25) is 0 Å². The molecule has 1 atom stereocenters. The average molecular weight is 499 g/mol. The minimum absolute atomic E-state index is 0.190. The van der Waals surface area contributed by atoms with Crippen molar-refractivity contribution in [2.45, 2.75) is 27.7 Å². The fourth-order valence-corrected chi connectivity index (χ4v) is 5.34. The second-order valence-corrected chi connectivity index (χ2v) is 10.3. The van der Waals surface area contributed by atoms with Crippen LogP contribution in [-0.2, 0) is 0 Å². The molecule has 0 saturated carbocycles. The predicted molar refractivity (Wildman–Crippen MR) is 153 cm³/mol. The first-order valence-corrected chi connectivity index (χ1v) is 13.2. The van der Waals surface area contributed by atoms with Crippen LogP contribution in [0.5, 0.6) is 11.5 Å². The Balaban J connectivity index is 1.46. The van der Waals surface area contributed by atoms with Crippen LogP contribution in [-0.4, -0.2) is 13.5 Å². The molecule has 0 aliphatic carbocycles. The lowest BCUT2D eigenvalue weighted by atomic mass is 9.98. The van der Waals surface area contributed by atoms with E-state index in [1.807, 2.05) is 44.2 Å². The van der Waals surface area contributed by atoms with Crippen LogP contribution in [0.15, 0.2) is 79.4 Å². The topological polar surface area (TPSA) is 18.5 Å². The van der Waals surface area contributed by atoms with E-state index < -0.39 is 0 Å². The minimum Gasteiger partial charge on any atom is -0.497 e. The van der Waals surface area contributed by atoms with Gasteiger partial charge in [0.15, 0.2) is 0 Å². The van der Waals surface area contributed by atoms with E-state index >= 15 is 4.39 Å². The van der Waals surface area contributed by atoms with Crippen molar-refractivity contribution in [1.82, 2.24) is 0 Å². The van der Waals surface area contributed by atoms with Gasteiger partial charge in [-0.25, -0.2) is 4.39 Å². The molecule has 0 N–H and O–H groups in total. The van der Waals surface area contributed by atoms with E-state index in [-0.39, 0.29) is 14.4 Å². The highest BCUT2D eigenvalue weighted by atomic mass is 31.1. The molecule has 0 aromatic heterocycles. The van der Waals surface area contributed by atoms with E-state index in [2.05, 4.69) is 56.8 Å². The normalized spacial score (nSPS) is 11.2. The van der Waals surface area contributed by atoms with Gasteiger partial charge in [-0.3, -0.25) is 0 Å². The van der Waals surface area contributed by atoms with Crippen LogP contribution in [0.2, 0.25) is 0 Å². The number of hydrogen-bond acceptors (Lipinski definition) is 2. The number of rotatable bonds is 8. The summed E-state index contributed by atoms with van der Waals surface area (Å²) in [5.41, 5.74) is 9.43. The molecule has 0 radical (unpaired) electrons. The van der Waals surface area contributed by atoms with Crippen molar-refractivity contribution in [1.29, 1.82) is 0 Å². The first kappa shape index (κ1) is 25.7. The Morgan fingerprint density at radius 2 is 1.31 bits per heavy atom. The fourth-order valence-electron chi connectivity index (χ4n) is 4.39. The molecule has 4 rings (SSSR count). The molecule has 4 aromatic rings. The molecule has 0 saturated heterocycles. The number of ether oxygens (including phenoxy) is 2. The fraction of sp³-hybridized carbons (Fsp3) is 0.188. The van der Waals surface area contributed by atoms with Gasteiger partial charge in [-0.1, -0.05) is 54.6 Å². The van der Waals surface area contributed by atoms with Gasteiger partial charge in [-0.05, 0) is 111 Å². The SMILES string of the molecule is C=C(C)c1ccc(-c2cc(C)c(OCPc3c(C)cc(-c4ccc(OC)cc4)cc3F)c(C)c2)cc1. The summed E-state index contributed by atoms with van der Waals surface area (Å²) in [6.45, 7) is 12.1. The molecule has 0 bridgehead atoms. The van der Waals surface area contributed by atoms with Crippen molar-refractivity contribution in [3.8, 4) is 33.8 Å². The van der Waals surface area contributed by atoms with Crippen molar-refractivity contribution in [3.05, 3.63) is 107 Å². The third-order valence-corrected chi connectivity index (χ3v) is 7.62. The van der Waals surface area contributed by atoms with Crippen LogP contribution in [0.1, 0.15) is 29.2 Å². The van der Waals surface area contributed by atoms with Crippen molar-refractivity contribution in [3.63, 3.8) is 0 Å². The number of methoxy groups -OCH3 is 1. The van der Waals surface area contributed by atoms with E-state index in [1.54, 1.807) is 13.2 Å². The standard InChI is InChI=1S/C32H32FO2P/c1-20(2)24-7-9-25(10-8-24)27-15-21(3)31(22(4)16-27)35-19-36-32-23(5)17-28(18-30(32)33)26-11-13-29(34-6)14-12-26/h7-18,36H,1,19H2,2-6H3. The van der Waals surface area contributed by atoms with Gasteiger partial charge in [-0.2, -0.15) is 0 Å². The highest BCUT2D eigenvalue weighted by Gasteiger charge is 2.12. The lowest BCUT2D eigenvalue weighted by Gasteiger charge is -2.16. The Labute approximate surface area is 215 Å². The number of allylic oxidation sites excluding steroid dienone is 1. The third kappa shape index (κ3) is 5.69. The second kappa shape index (κ2) is 11.1. The van der Waals surface area contributed by atoms with Crippen molar-refractivity contribution >= 4 is 19.5 Å². The maximum Gasteiger partial charge on any atom is 0.131 e.